The molecule has 1 fully saturated rings. The number of sulfonamides is 1. The smallest absolute Gasteiger partial charge is 0.326 e. The largest absolute Gasteiger partial charge is 0.379 e. The molecule has 4 N–H and O–H groups in total. The van der Waals surface area contributed by atoms with Gasteiger partial charge in [0.1, 0.15) is 5.69 Å². The van der Waals surface area contributed by atoms with Crippen LogP contribution in [0.4, 0.5) is 20.2 Å². The van der Waals surface area contributed by atoms with Crippen molar-refractivity contribution in [3.05, 3.63) is 62.8 Å². The maximum Gasteiger partial charge on any atom is 0.326 e. The van der Waals surface area contributed by atoms with Crippen LogP contribution >= 0.6 is 0 Å². The van der Waals surface area contributed by atoms with E-state index < -0.39 is 32.9 Å². The van der Waals surface area contributed by atoms with Crippen LogP contribution in [0.1, 0.15) is 0 Å². The van der Waals surface area contributed by atoms with Crippen LogP contribution in [0.15, 0.2) is 44.8 Å². The molecule has 33 heavy (non-hydrogen) atoms. The van der Waals surface area contributed by atoms with Gasteiger partial charge >= 0.3 is 5.69 Å². The van der Waals surface area contributed by atoms with Gasteiger partial charge in [-0.3, -0.25) is 19.4 Å². The standard InChI is InChI=1S/C20H21F2N5O5S/c21-15-9-12(10-16(22)18(15)23-3-4-27-5-7-32-8-6-27)26-33(30,31)13-1-2-17-14(11-13)19(28)25-20(29)24-17/h1-2,9-11,23,26H,3-8H2,(H2,24,25,28,29). The number of aromatic amines is 2. The van der Waals surface area contributed by atoms with Gasteiger partial charge < -0.3 is 15.0 Å². The van der Waals surface area contributed by atoms with Crippen LogP contribution in [0.2, 0.25) is 0 Å². The van der Waals surface area contributed by atoms with Gasteiger partial charge in [0.15, 0.2) is 11.6 Å². The van der Waals surface area contributed by atoms with Crippen molar-refractivity contribution in [1.82, 2.24) is 14.9 Å². The Bertz CT molecular complexity index is 1380. The van der Waals surface area contributed by atoms with Crippen LogP contribution in [-0.4, -0.2) is 62.7 Å². The fourth-order valence-electron chi connectivity index (χ4n) is 3.49. The van der Waals surface area contributed by atoms with Crippen molar-refractivity contribution in [3.8, 4) is 0 Å². The molecule has 0 radical (unpaired) electrons. The van der Waals surface area contributed by atoms with Gasteiger partial charge in [0, 0.05) is 38.3 Å². The van der Waals surface area contributed by atoms with Gasteiger partial charge in [-0.25, -0.2) is 22.0 Å². The molecular weight excluding hydrogens is 460 g/mol. The van der Waals surface area contributed by atoms with Crippen molar-refractivity contribution >= 4 is 32.3 Å². The van der Waals surface area contributed by atoms with Gasteiger partial charge in [-0.1, -0.05) is 0 Å². The summed E-state index contributed by atoms with van der Waals surface area (Å²) in [5, 5.41) is 2.64. The molecular formula is C20H21F2N5O5S. The monoisotopic (exact) mass is 481 g/mol. The zero-order valence-electron chi connectivity index (χ0n) is 17.3. The first-order valence-corrected chi connectivity index (χ1v) is 11.5. The van der Waals surface area contributed by atoms with Gasteiger partial charge in [-0.05, 0) is 18.2 Å². The van der Waals surface area contributed by atoms with Gasteiger partial charge in [-0.2, -0.15) is 0 Å². The fourth-order valence-corrected chi connectivity index (χ4v) is 4.56. The van der Waals surface area contributed by atoms with E-state index in [2.05, 4.69) is 19.9 Å². The molecule has 2 aromatic carbocycles. The molecule has 4 rings (SSSR count). The molecule has 0 atom stereocenters. The molecule has 0 bridgehead atoms. The second-order valence-corrected chi connectivity index (χ2v) is 9.10. The number of halogens is 2. The number of morpholine rings is 1. The van der Waals surface area contributed by atoms with E-state index in [4.69, 9.17) is 4.74 Å². The SMILES string of the molecule is O=c1[nH]c(=O)c2cc(S(=O)(=O)Nc3cc(F)c(NCCN4CCOCC4)c(F)c3)ccc2[nH]1. The summed E-state index contributed by atoms with van der Waals surface area (Å²) in [6, 6.07) is 5.20. The first kappa shape index (κ1) is 22.9. The lowest BCUT2D eigenvalue weighted by molar-refractivity contribution is 0.0398. The average Bonchev–Trinajstić information content (AvgIpc) is 2.75. The summed E-state index contributed by atoms with van der Waals surface area (Å²) in [6.45, 7) is 3.58. The van der Waals surface area contributed by atoms with E-state index in [-0.39, 0.29) is 27.2 Å². The van der Waals surface area contributed by atoms with Crippen LogP contribution in [-0.2, 0) is 14.8 Å². The zero-order chi connectivity index (χ0) is 23.6. The van der Waals surface area contributed by atoms with Crippen molar-refractivity contribution in [1.29, 1.82) is 0 Å². The summed E-state index contributed by atoms with van der Waals surface area (Å²) in [6.07, 6.45) is 0. The molecule has 0 aliphatic carbocycles. The molecule has 176 valence electrons. The normalized spacial score (nSPS) is 15.0. The molecule has 0 amide bonds. The molecule has 3 aromatic rings. The van der Waals surface area contributed by atoms with Crippen molar-refractivity contribution in [3.63, 3.8) is 0 Å². The number of fused-ring (bicyclic) bond motifs is 1. The molecule has 0 spiro atoms. The van der Waals surface area contributed by atoms with E-state index in [1.807, 2.05) is 4.98 Å². The Hall–Kier alpha value is -3.29. The minimum atomic E-state index is -4.28. The van der Waals surface area contributed by atoms with Crippen molar-refractivity contribution < 1.29 is 21.9 Å². The third kappa shape index (κ3) is 5.21. The van der Waals surface area contributed by atoms with E-state index in [0.717, 1.165) is 37.4 Å². The van der Waals surface area contributed by atoms with Crippen molar-refractivity contribution in [2.45, 2.75) is 4.90 Å². The average molecular weight is 481 g/mol. The number of nitrogens with one attached hydrogen (secondary N) is 4. The lowest BCUT2D eigenvalue weighted by Crippen LogP contribution is -2.39. The van der Waals surface area contributed by atoms with Crippen LogP contribution < -0.4 is 21.3 Å². The highest BCUT2D eigenvalue weighted by molar-refractivity contribution is 7.92. The van der Waals surface area contributed by atoms with E-state index in [1.165, 1.54) is 6.07 Å². The molecule has 10 nitrogen and oxygen atoms in total. The molecule has 13 heteroatoms. The Labute approximate surface area is 186 Å². The van der Waals surface area contributed by atoms with E-state index in [9.17, 15) is 26.8 Å². The quantitative estimate of drug-likeness (QED) is 0.396. The first-order chi connectivity index (χ1) is 15.7. The lowest BCUT2D eigenvalue weighted by atomic mass is 10.2. The molecule has 0 saturated carbocycles. The number of rotatable bonds is 7. The highest BCUT2D eigenvalue weighted by Crippen LogP contribution is 2.26. The summed E-state index contributed by atoms with van der Waals surface area (Å²) in [4.78, 5) is 29.4. The summed E-state index contributed by atoms with van der Waals surface area (Å²) >= 11 is 0. The predicted molar refractivity (Wildman–Crippen MR) is 118 cm³/mol. The molecule has 0 unspecified atom stereocenters. The molecule has 1 aliphatic rings. The second kappa shape index (κ2) is 9.29. The number of ether oxygens (including phenoxy) is 1. The van der Waals surface area contributed by atoms with E-state index in [0.29, 0.717) is 26.3 Å². The Kier molecular flexibility index (Phi) is 6.44. The van der Waals surface area contributed by atoms with Crippen LogP contribution in [0, 0.1) is 11.6 Å². The number of aromatic nitrogens is 2. The van der Waals surface area contributed by atoms with Gasteiger partial charge in [0.2, 0.25) is 0 Å². The number of hydrogen-bond acceptors (Lipinski definition) is 7. The Morgan fingerprint density at radius 1 is 1.03 bits per heavy atom. The molecule has 2 heterocycles. The number of hydrogen-bond donors (Lipinski definition) is 4. The van der Waals surface area contributed by atoms with Gasteiger partial charge in [0.05, 0.1) is 34.7 Å². The van der Waals surface area contributed by atoms with Crippen molar-refractivity contribution in [2.75, 3.05) is 49.4 Å². The Morgan fingerprint density at radius 2 is 1.73 bits per heavy atom. The first-order valence-electron chi connectivity index (χ1n) is 10.1. The molecule has 1 aromatic heterocycles. The van der Waals surface area contributed by atoms with Gasteiger partial charge in [0.25, 0.3) is 15.6 Å². The summed E-state index contributed by atoms with van der Waals surface area (Å²) < 4.78 is 61.8. The Balaban J connectivity index is 1.50. The van der Waals surface area contributed by atoms with Crippen molar-refractivity contribution in [2.24, 2.45) is 0 Å². The van der Waals surface area contributed by atoms with Crippen LogP contribution in [0.3, 0.4) is 0 Å². The maximum atomic E-state index is 14.5. The predicted octanol–water partition coefficient (Wildman–Crippen LogP) is 1.04. The molecule has 1 saturated heterocycles. The number of nitrogens with zero attached hydrogens (tertiary/aromatic N) is 1. The van der Waals surface area contributed by atoms with E-state index in [1.54, 1.807) is 0 Å². The summed E-state index contributed by atoms with van der Waals surface area (Å²) in [7, 11) is -4.28. The highest BCUT2D eigenvalue weighted by Gasteiger charge is 2.19. The van der Waals surface area contributed by atoms with Crippen LogP contribution in [0.5, 0.6) is 0 Å². The third-order valence-corrected chi connectivity index (χ3v) is 6.53. The fraction of sp³-hybridized carbons (Fsp3) is 0.300. The third-order valence-electron chi connectivity index (χ3n) is 5.15. The highest BCUT2D eigenvalue weighted by atomic mass is 32.2. The zero-order valence-corrected chi connectivity index (χ0v) is 18.1. The second-order valence-electron chi connectivity index (χ2n) is 7.42. The Morgan fingerprint density at radius 3 is 2.42 bits per heavy atom. The minimum Gasteiger partial charge on any atom is -0.379 e. The summed E-state index contributed by atoms with van der Waals surface area (Å²) in [5.41, 5.74) is -2.03. The van der Waals surface area contributed by atoms with Gasteiger partial charge in [-0.15, -0.1) is 0 Å². The number of anilines is 2. The lowest BCUT2D eigenvalue weighted by Gasteiger charge is -2.26. The topological polar surface area (TPSA) is 136 Å². The molecule has 1 aliphatic heterocycles. The maximum absolute atomic E-state index is 14.5. The summed E-state index contributed by atoms with van der Waals surface area (Å²) in [5.74, 6) is -1.91. The van der Waals surface area contributed by atoms with E-state index >= 15 is 0 Å². The number of benzene rings is 2. The van der Waals surface area contributed by atoms with Crippen LogP contribution in [0.25, 0.3) is 10.9 Å². The number of H-pyrrole nitrogens is 2. The minimum absolute atomic E-state index is 0.0605.